The highest BCUT2D eigenvalue weighted by atomic mass is 79.9. The Balaban J connectivity index is 0.000000145. The Morgan fingerprint density at radius 3 is 1.61 bits per heavy atom. The van der Waals surface area contributed by atoms with Gasteiger partial charge in [0.2, 0.25) is 10.9 Å². The zero-order chi connectivity index (χ0) is 54.3. The van der Waals surface area contributed by atoms with Crippen molar-refractivity contribution in [3.05, 3.63) is 84.2 Å². The lowest BCUT2D eigenvalue weighted by Crippen LogP contribution is -2.50. The Labute approximate surface area is 458 Å². The Morgan fingerprint density at radius 2 is 1.09 bits per heavy atom. The second-order valence-electron chi connectivity index (χ2n) is 22.0. The molecule has 5 aliphatic heterocycles. The molecular weight excluding hydrogens is 1080 g/mol. The highest BCUT2D eigenvalue weighted by molar-refractivity contribution is 9.10. The summed E-state index contributed by atoms with van der Waals surface area (Å²) in [6.07, 6.45) is -0.621. The molecule has 22 heteroatoms. The molecule has 4 aromatic heterocycles. The highest BCUT2D eigenvalue weighted by Crippen LogP contribution is 2.40. The lowest BCUT2D eigenvalue weighted by Gasteiger charge is -2.35. The summed E-state index contributed by atoms with van der Waals surface area (Å²) in [5.74, 6) is 2.78. The van der Waals surface area contributed by atoms with Crippen molar-refractivity contribution in [3.8, 4) is 22.6 Å². The number of hydrogen-bond donors (Lipinski definition) is 2. The molecule has 0 spiro atoms. The molecule has 0 bridgehead atoms. The van der Waals surface area contributed by atoms with Gasteiger partial charge in [-0.25, -0.2) is 9.59 Å². The average Bonchev–Trinajstić information content (AvgIpc) is 4.06. The van der Waals surface area contributed by atoms with E-state index in [4.69, 9.17) is 37.1 Å². The van der Waals surface area contributed by atoms with Gasteiger partial charge in [0.05, 0.1) is 27.0 Å². The second-order valence-corrected chi connectivity index (χ2v) is 24.6. The quantitative estimate of drug-likeness (QED) is 0.159. The van der Waals surface area contributed by atoms with Gasteiger partial charge in [0, 0.05) is 93.9 Å². The Bertz CT molecular complexity index is 3200. The molecular formula is C54H66BBrN6O12S2. The van der Waals surface area contributed by atoms with Crippen LogP contribution in [0, 0.1) is 0 Å². The molecule has 11 rings (SSSR count). The van der Waals surface area contributed by atoms with Crippen molar-refractivity contribution >= 4 is 107 Å². The summed E-state index contributed by atoms with van der Waals surface area (Å²) in [6.45, 7) is 26.7. The van der Waals surface area contributed by atoms with Crippen LogP contribution in [0.3, 0.4) is 0 Å². The number of carbonyl (C=O) groups is 2. The van der Waals surface area contributed by atoms with Crippen LogP contribution >= 0.6 is 38.6 Å². The molecule has 0 radical (unpaired) electrons. The summed E-state index contributed by atoms with van der Waals surface area (Å²) in [5.41, 5.74) is 4.25. The number of anilines is 4. The van der Waals surface area contributed by atoms with Crippen LogP contribution < -0.4 is 46.2 Å². The van der Waals surface area contributed by atoms with Crippen LogP contribution in [0.2, 0.25) is 0 Å². The number of amides is 2. The fourth-order valence-corrected chi connectivity index (χ4v) is 11.2. The number of ether oxygens (including phenoxy) is 4. The smallest absolute Gasteiger partial charge is 0.490 e. The number of hydrogen-bond acceptors (Lipinski definition) is 18. The van der Waals surface area contributed by atoms with Crippen molar-refractivity contribution in [1.82, 2.24) is 9.80 Å². The van der Waals surface area contributed by atoms with Crippen LogP contribution in [0.1, 0.15) is 69.2 Å². The third-order valence-electron chi connectivity index (χ3n) is 13.5. The maximum atomic E-state index is 12.9. The first-order valence-corrected chi connectivity index (χ1v) is 28.1. The van der Waals surface area contributed by atoms with Crippen molar-refractivity contribution in [1.29, 1.82) is 0 Å². The van der Waals surface area contributed by atoms with Gasteiger partial charge in [-0.3, -0.25) is 9.59 Å². The van der Waals surface area contributed by atoms with Crippen LogP contribution in [-0.2, 0) is 18.8 Å². The van der Waals surface area contributed by atoms with Crippen molar-refractivity contribution < 1.29 is 46.7 Å². The number of nitrogens with zero attached hydrogens (tertiary/aromatic N) is 4. The van der Waals surface area contributed by atoms with Gasteiger partial charge in [-0.1, -0.05) is 12.1 Å². The van der Waals surface area contributed by atoms with E-state index in [1.807, 2.05) is 92.4 Å². The predicted molar refractivity (Wildman–Crippen MR) is 304 cm³/mol. The summed E-state index contributed by atoms with van der Waals surface area (Å²) in [5, 5.41) is 10.5. The van der Waals surface area contributed by atoms with E-state index < -0.39 is 11.2 Å². The molecule has 2 amide bonds. The number of benzene rings is 2. The van der Waals surface area contributed by atoms with Gasteiger partial charge in [-0.2, -0.15) is 0 Å². The van der Waals surface area contributed by atoms with E-state index in [0.29, 0.717) is 97.9 Å². The minimum Gasteiger partial charge on any atom is -0.490 e. The molecule has 0 atom stereocenters. The van der Waals surface area contributed by atoms with E-state index in [-0.39, 0.29) is 41.4 Å². The lowest BCUT2D eigenvalue weighted by atomic mass is 9.79. The fourth-order valence-electron chi connectivity index (χ4n) is 8.81. The number of carbonyl (C=O) groups excluding carboxylic acids is 2. The summed E-state index contributed by atoms with van der Waals surface area (Å²) in [7, 11) is -0.320. The van der Waals surface area contributed by atoms with E-state index in [2.05, 4.69) is 60.3 Å². The Hall–Kier alpha value is -5.94. The first-order valence-electron chi connectivity index (χ1n) is 25.5. The summed E-state index contributed by atoms with van der Waals surface area (Å²) < 4.78 is 48.4. The maximum absolute atomic E-state index is 12.9. The molecule has 9 heterocycles. The number of fused-ring (bicyclic) bond motifs is 4. The topological polar surface area (TPSA) is 187 Å². The third-order valence-corrected chi connectivity index (χ3v) is 16.3. The summed E-state index contributed by atoms with van der Waals surface area (Å²) in [6, 6.07) is 15.1. The standard InChI is InChI=1S/C24H27N3O5S.C16H19BrN2O4S.C14H20BNO3/c1-24(2,3)32-23(29)27-9-7-26(8-10-27)20-13-18(28)22-21(31-20)16(14-33-22)15-4-5-19-17(12-15)25-6-11-30-19;1-16(2,3)23-15(21)19-6-4-18(5-7-19)12-8-11(20)14-13(22-12)10(17)9-24-14;1-13(2)14(3,4)19-15(18-13)10-5-6-12-11(9-10)16-7-8-17-12/h4-5,12-14,25H,6-11H2,1-3H3;8-9H,4-7H2,1-3H3;5-6,9,16H,7-8H2,1-4H3. The van der Waals surface area contributed by atoms with E-state index in [1.54, 1.807) is 15.9 Å². The molecule has 2 aromatic carbocycles. The molecule has 3 saturated heterocycles. The fraction of sp³-hybridized carbons (Fsp3) is 0.481. The summed E-state index contributed by atoms with van der Waals surface area (Å²) in [4.78, 5) is 56.9. The molecule has 0 saturated carbocycles. The molecule has 3 fully saturated rings. The largest absolute Gasteiger partial charge is 0.494 e. The van der Waals surface area contributed by atoms with Crippen LogP contribution in [0.15, 0.2) is 82.2 Å². The number of piperazine rings is 2. The van der Waals surface area contributed by atoms with Gasteiger partial charge in [-0.05, 0) is 120 Å². The average molecular weight is 1150 g/mol. The minimum atomic E-state index is -0.528. The summed E-state index contributed by atoms with van der Waals surface area (Å²) >= 11 is 6.16. The second kappa shape index (κ2) is 21.8. The SMILES string of the molecule is CC(C)(C)OC(=O)N1CCN(c2cc(=O)c3scc(-c4ccc5c(c4)NCCO5)c3o2)CC1.CC(C)(C)OC(=O)N1CCN(c2cc(=O)c3scc(Br)c3o2)CC1.CC1(C)OB(c2ccc3c(c2)NCCO3)OC1(C)C. The van der Waals surface area contributed by atoms with Gasteiger partial charge in [0.15, 0.2) is 22.9 Å². The van der Waals surface area contributed by atoms with E-state index in [1.165, 1.54) is 28.7 Å². The van der Waals surface area contributed by atoms with Gasteiger partial charge < -0.3 is 67.3 Å². The molecule has 0 unspecified atom stereocenters. The Morgan fingerprint density at radius 1 is 0.632 bits per heavy atom. The van der Waals surface area contributed by atoms with Gasteiger partial charge in [0.25, 0.3) is 0 Å². The first-order chi connectivity index (χ1) is 35.9. The van der Waals surface area contributed by atoms with E-state index in [0.717, 1.165) is 57.0 Å². The highest BCUT2D eigenvalue weighted by Gasteiger charge is 2.52. The van der Waals surface area contributed by atoms with Crippen molar-refractivity contribution in [2.75, 3.05) is 99.1 Å². The Kier molecular flexibility index (Phi) is 15.8. The van der Waals surface area contributed by atoms with Gasteiger partial charge >= 0.3 is 19.3 Å². The zero-order valence-electron chi connectivity index (χ0n) is 44.7. The molecule has 6 aromatic rings. The molecule has 5 aliphatic rings. The third kappa shape index (κ3) is 12.4. The van der Waals surface area contributed by atoms with Crippen LogP contribution in [0.4, 0.5) is 32.7 Å². The van der Waals surface area contributed by atoms with Gasteiger partial charge in [0.1, 0.15) is 45.3 Å². The van der Waals surface area contributed by atoms with Crippen LogP contribution in [0.25, 0.3) is 31.7 Å². The van der Waals surface area contributed by atoms with Crippen LogP contribution in [-0.4, -0.2) is 130 Å². The predicted octanol–water partition coefficient (Wildman–Crippen LogP) is 9.85. The number of halogens is 1. The van der Waals surface area contributed by atoms with Gasteiger partial charge in [-0.15, -0.1) is 22.7 Å². The van der Waals surface area contributed by atoms with Crippen molar-refractivity contribution in [2.45, 2.75) is 91.6 Å². The monoisotopic (exact) mass is 1140 g/mol. The molecule has 406 valence electrons. The molecule has 76 heavy (non-hydrogen) atoms. The normalized spacial score (nSPS) is 17.9. The number of rotatable bonds is 4. The first kappa shape index (κ1) is 54.8. The van der Waals surface area contributed by atoms with Crippen molar-refractivity contribution in [3.63, 3.8) is 0 Å². The molecule has 2 N–H and O–H groups in total. The van der Waals surface area contributed by atoms with Crippen molar-refractivity contribution in [2.24, 2.45) is 0 Å². The molecule has 0 aliphatic carbocycles. The minimum absolute atomic E-state index is 0.0449. The zero-order valence-corrected chi connectivity index (χ0v) is 47.9. The number of thiophene rings is 2. The van der Waals surface area contributed by atoms with E-state index in [9.17, 15) is 19.2 Å². The van der Waals surface area contributed by atoms with Crippen LogP contribution in [0.5, 0.6) is 11.5 Å². The lowest BCUT2D eigenvalue weighted by molar-refractivity contribution is 0.00578. The number of nitrogens with one attached hydrogen (secondary N) is 2. The molecule has 18 nitrogen and oxygen atoms in total. The van der Waals surface area contributed by atoms with E-state index >= 15 is 0 Å². The maximum Gasteiger partial charge on any atom is 0.494 e.